The number of amides is 1. The van der Waals surface area contributed by atoms with Gasteiger partial charge in [-0.3, -0.25) is 9.78 Å². The summed E-state index contributed by atoms with van der Waals surface area (Å²) >= 11 is 1.55. The molecule has 3 heterocycles. The minimum Gasteiger partial charge on any atom is -0.337 e. The molecule has 0 saturated carbocycles. The van der Waals surface area contributed by atoms with Crippen LogP contribution in [0.3, 0.4) is 0 Å². The largest absolute Gasteiger partial charge is 0.337 e. The van der Waals surface area contributed by atoms with Crippen molar-refractivity contribution in [3.8, 4) is 11.5 Å². The van der Waals surface area contributed by atoms with Gasteiger partial charge in [-0.05, 0) is 66.9 Å². The van der Waals surface area contributed by atoms with Crippen molar-refractivity contribution in [3.05, 3.63) is 66.4 Å². The van der Waals surface area contributed by atoms with Gasteiger partial charge in [0, 0.05) is 35.7 Å². The molecule has 1 amide bonds. The van der Waals surface area contributed by atoms with Gasteiger partial charge in [-0.2, -0.15) is 0 Å². The lowest BCUT2D eigenvalue weighted by molar-refractivity contribution is -0.129. The standard InChI is InChI=1S/C25H24N4O3S2/c1-16(30)29-13-5-7-23(29)19-14-21-22(28-25(27-21)20-6-3-4-12-26-20)15-24(19)33-17-8-10-18(11-9-17)34(2,31)32/h3-4,6,8-12,14-15,23H,5,7,13H2,1-2H3,(H,27,28). The van der Waals surface area contributed by atoms with E-state index in [1.165, 1.54) is 6.26 Å². The number of likely N-dealkylation sites (tertiary alicyclic amines) is 1. The molecular formula is C25H24N4O3S2. The van der Waals surface area contributed by atoms with Gasteiger partial charge in [0.2, 0.25) is 5.91 Å². The van der Waals surface area contributed by atoms with E-state index in [9.17, 15) is 13.2 Å². The highest BCUT2D eigenvalue weighted by Crippen LogP contribution is 2.42. The van der Waals surface area contributed by atoms with Crippen LogP contribution in [0.2, 0.25) is 0 Å². The van der Waals surface area contributed by atoms with Crippen LogP contribution in [0, 0.1) is 0 Å². The fraction of sp³-hybridized carbons (Fsp3) is 0.240. The smallest absolute Gasteiger partial charge is 0.219 e. The Labute approximate surface area is 202 Å². The number of aromatic amines is 1. The average Bonchev–Trinajstić information content (AvgIpc) is 3.46. The van der Waals surface area contributed by atoms with Crippen LogP contribution in [-0.4, -0.2) is 47.0 Å². The minimum absolute atomic E-state index is 0.0127. The highest BCUT2D eigenvalue weighted by molar-refractivity contribution is 7.99. The molecule has 1 fully saturated rings. The summed E-state index contributed by atoms with van der Waals surface area (Å²) in [5.74, 6) is 0.755. The van der Waals surface area contributed by atoms with Gasteiger partial charge in [-0.25, -0.2) is 13.4 Å². The van der Waals surface area contributed by atoms with Crippen LogP contribution in [0.1, 0.15) is 31.4 Å². The number of pyridine rings is 1. The number of hydrogen-bond donors (Lipinski definition) is 1. The molecule has 4 aromatic rings. The van der Waals surface area contributed by atoms with E-state index in [4.69, 9.17) is 4.98 Å². The van der Waals surface area contributed by atoms with Gasteiger partial charge in [0.25, 0.3) is 0 Å². The molecule has 9 heteroatoms. The van der Waals surface area contributed by atoms with Crippen molar-refractivity contribution in [2.45, 2.75) is 40.5 Å². The van der Waals surface area contributed by atoms with E-state index in [1.807, 2.05) is 41.3 Å². The van der Waals surface area contributed by atoms with Gasteiger partial charge >= 0.3 is 0 Å². The maximum absolute atomic E-state index is 12.3. The Bertz CT molecular complexity index is 1470. The third-order valence-corrected chi connectivity index (χ3v) is 8.23. The van der Waals surface area contributed by atoms with E-state index < -0.39 is 9.84 Å². The maximum atomic E-state index is 12.3. The molecule has 174 valence electrons. The second kappa shape index (κ2) is 8.88. The van der Waals surface area contributed by atoms with E-state index in [2.05, 4.69) is 16.0 Å². The van der Waals surface area contributed by atoms with Crippen molar-refractivity contribution < 1.29 is 13.2 Å². The van der Waals surface area contributed by atoms with Crippen LogP contribution >= 0.6 is 11.8 Å². The fourth-order valence-electron chi connectivity index (χ4n) is 4.38. The van der Waals surface area contributed by atoms with E-state index in [1.54, 1.807) is 37.0 Å². The normalized spacial score (nSPS) is 16.3. The molecule has 5 rings (SSSR count). The lowest BCUT2D eigenvalue weighted by atomic mass is 10.0. The first-order valence-electron chi connectivity index (χ1n) is 11.0. The summed E-state index contributed by atoms with van der Waals surface area (Å²) in [6, 6.07) is 16.7. The monoisotopic (exact) mass is 492 g/mol. The first kappa shape index (κ1) is 22.6. The molecule has 1 aliphatic rings. The summed E-state index contributed by atoms with van der Waals surface area (Å²) in [4.78, 5) is 29.0. The molecule has 1 atom stereocenters. The number of nitrogens with one attached hydrogen (secondary N) is 1. The Morgan fingerprint density at radius 3 is 2.62 bits per heavy atom. The Morgan fingerprint density at radius 1 is 1.15 bits per heavy atom. The zero-order chi connectivity index (χ0) is 23.9. The number of sulfone groups is 1. The number of H-pyrrole nitrogens is 1. The van der Waals surface area contributed by atoms with E-state index in [0.29, 0.717) is 10.7 Å². The van der Waals surface area contributed by atoms with E-state index in [0.717, 1.165) is 51.5 Å². The topological polar surface area (TPSA) is 96.0 Å². The highest BCUT2D eigenvalue weighted by Gasteiger charge is 2.30. The summed E-state index contributed by atoms with van der Waals surface area (Å²) in [6.07, 6.45) is 4.79. The predicted octanol–water partition coefficient (Wildman–Crippen LogP) is 4.86. The molecule has 34 heavy (non-hydrogen) atoms. The molecule has 2 aromatic heterocycles. The van der Waals surface area contributed by atoms with Crippen LogP contribution in [0.5, 0.6) is 0 Å². The first-order chi connectivity index (χ1) is 16.3. The number of benzene rings is 2. The van der Waals surface area contributed by atoms with Crippen molar-refractivity contribution in [2.75, 3.05) is 12.8 Å². The number of rotatable bonds is 5. The second-order valence-electron chi connectivity index (χ2n) is 8.42. The number of hydrogen-bond acceptors (Lipinski definition) is 6. The lowest BCUT2D eigenvalue weighted by Crippen LogP contribution is -2.28. The van der Waals surface area contributed by atoms with Crippen LogP contribution in [0.15, 0.2) is 75.5 Å². The van der Waals surface area contributed by atoms with Crippen LogP contribution in [0.25, 0.3) is 22.6 Å². The third-order valence-electron chi connectivity index (χ3n) is 6.02. The van der Waals surface area contributed by atoms with Gasteiger partial charge in [-0.15, -0.1) is 0 Å². The van der Waals surface area contributed by atoms with Crippen LogP contribution in [-0.2, 0) is 14.6 Å². The van der Waals surface area contributed by atoms with Gasteiger partial charge in [-0.1, -0.05) is 17.8 Å². The first-order valence-corrected chi connectivity index (χ1v) is 13.7. The van der Waals surface area contributed by atoms with Gasteiger partial charge in [0.15, 0.2) is 15.7 Å². The quantitative estimate of drug-likeness (QED) is 0.427. The van der Waals surface area contributed by atoms with Gasteiger partial charge in [0.05, 0.1) is 22.0 Å². The highest BCUT2D eigenvalue weighted by atomic mass is 32.2. The van der Waals surface area contributed by atoms with E-state index >= 15 is 0 Å². The SMILES string of the molecule is CC(=O)N1CCCC1c1cc2[nH]c(-c3ccccn3)nc2cc1Sc1ccc(S(C)(=O)=O)cc1. The van der Waals surface area contributed by atoms with Crippen molar-refractivity contribution in [3.63, 3.8) is 0 Å². The molecule has 0 radical (unpaired) electrons. The van der Waals surface area contributed by atoms with Crippen LogP contribution in [0.4, 0.5) is 0 Å². The molecule has 0 aliphatic carbocycles. The summed E-state index contributed by atoms with van der Waals surface area (Å²) in [5, 5.41) is 0. The van der Waals surface area contributed by atoms with Crippen LogP contribution < -0.4 is 0 Å². The molecule has 7 nitrogen and oxygen atoms in total. The predicted molar refractivity (Wildman–Crippen MR) is 132 cm³/mol. The minimum atomic E-state index is -3.26. The van der Waals surface area contributed by atoms with Gasteiger partial charge < -0.3 is 9.88 Å². The Kier molecular flexibility index (Phi) is 5.91. The summed E-state index contributed by atoms with van der Waals surface area (Å²) in [5.41, 5.74) is 3.53. The zero-order valence-corrected chi connectivity index (χ0v) is 20.5. The Hall–Kier alpha value is -3.17. The van der Waals surface area contributed by atoms with Crippen molar-refractivity contribution in [1.29, 1.82) is 0 Å². The molecular weight excluding hydrogens is 468 g/mol. The second-order valence-corrected chi connectivity index (χ2v) is 11.6. The molecule has 1 N–H and O–H groups in total. The lowest BCUT2D eigenvalue weighted by Gasteiger charge is -2.25. The van der Waals surface area contributed by atoms with Gasteiger partial charge in [0.1, 0.15) is 5.69 Å². The molecule has 2 aromatic carbocycles. The molecule has 1 saturated heterocycles. The molecule has 1 aliphatic heterocycles. The van der Waals surface area contributed by atoms with E-state index in [-0.39, 0.29) is 11.9 Å². The number of fused-ring (bicyclic) bond motifs is 1. The summed E-state index contributed by atoms with van der Waals surface area (Å²) in [7, 11) is -3.26. The third kappa shape index (κ3) is 4.45. The number of carbonyl (C=O) groups is 1. The van der Waals surface area contributed by atoms with Crippen molar-refractivity contribution >= 4 is 38.5 Å². The van der Waals surface area contributed by atoms with Crippen molar-refractivity contribution in [1.82, 2.24) is 19.9 Å². The fourth-order valence-corrected chi connectivity index (χ4v) is 6.02. The Morgan fingerprint density at radius 2 is 1.94 bits per heavy atom. The van der Waals surface area contributed by atoms with Crippen molar-refractivity contribution in [2.24, 2.45) is 0 Å². The maximum Gasteiger partial charge on any atom is 0.219 e. The number of imidazole rings is 1. The molecule has 1 unspecified atom stereocenters. The number of carbonyl (C=O) groups excluding carboxylic acids is 1. The summed E-state index contributed by atoms with van der Waals surface area (Å²) < 4.78 is 23.7. The molecule has 0 spiro atoms. The molecule has 0 bridgehead atoms. The summed E-state index contributed by atoms with van der Waals surface area (Å²) in [6.45, 7) is 2.36. The zero-order valence-electron chi connectivity index (χ0n) is 18.9. The number of nitrogens with zero attached hydrogens (tertiary/aromatic N) is 3. The number of aromatic nitrogens is 3. The Balaban J connectivity index is 1.59. The average molecular weight is 493 g/mol.